The van der Waals surface area contributed by atoms with E-state index in [-0.39, 0.29) is 12.3 Å². The third-order valence-electron chi connectivity index (χ3n) is 3.78. The van der Waals surface area contributed by atoms with Crippen LogP contribution in [0.25, 0.3) is 5.65 Å². The molecule has 2 aromatic rings. The number of hydrogen-bond acceptors (Lipinski definition) is 5. The standard InChI is InChI=1S/C15H18N6O2/c1-3-15(9-16,14(23)17-2)5-11-4-13-20-12(7-18-10-22)8-21(13)19-6-11/h4,6,8,10H,3,5,7H2,1-2H3,(H,17,23)(H,18,22). The maximum atomic E-state index is 12.1. The van der Waals surface area contributed by atoms with Gasteiger partial charge < -0.3 is 10.6 Å². The number of nitrogens with one attached hydrogen (secondary N) is 2. The van der Waals surface area contributed by atoms with Crippen LogP contribution in [0.15, 0.2) is 18.5 Å². The van der Waals surface area contributed by atoms with Crippen LogP contribution in [0.1, 0.15) is 24.6 Å². The number of fused-ring (bicyclic) bond motifs is 1. The smallest absolute Gasteiger partial charge is 0.240 e. The largest absolute Gasteiger partial charge is 0.358 e. The fraction of sp³-hybridized carbons (Fsp3) is 0.400. The molecule has 0 radical (unpaired) electrons. The quantitative estimate of drug-likeness (QED) is 0.708. The van der Waals surface area contributed by atoms with Crippen molar-refractivity contribution in [1.29, 1.82) is 5.26 Å². The van der Waals surface area contributed by atoms with E-state index in [0.717, 1.165) is 5.56 Å². The van der Waals surface area contributed by atoms with Crippen molar-refractivity contribution in [2.45, 2.75) is 26.3 Å². The molecule has 1 atom stereocenters. The zero-order chi connectivity index (χ0) is 16.9. The van der Waals surface area contributed by atoms with E-state index in [1.54, 1.807) is 23.0 Å². The topological polar surface area (TPSA) is 112 Å². The van der Waals surface area contributed by atoms with E-state index in [9.17, 15) is 14.9 Å². The van der Waals surface area contributed by atoms with E-state index in [2.05, 4.69) is 26.8 Å². The van der Waals surface area contributed by atoms with Gasteiger partial charge >= 0.3 is 0 Å². The number of aromatic nitrogens is 3. The van der Waals surface area contributed by atoms with E-state index in [4.69, 9.17) is 0 Å². The minimum atomic E-state index is -1.12. The van der Waals surface area contributed by atoms with Gasteiger partial charge in [0.2, 0.25) is 12.3 Å². The van der Waals surface area contributed by atoms with Crippen LogP contribution < -0.4 is 10.6 Å². The maximum absolute atomic E-state index is 12.1. The molecule has 120 valence electrons. The molecule has 8 nitrogen and oxygen atoms in total. The lowest BCUT2D eigenvalue weighted by Crippen LogP contribution is -2.39. The van der Waals surface area contributed by atoms with Crippen LogP contribution in [0.5, 0.6) is 0 Å². The van der Waals surface area contributed by atoms with Gasteiger partial charge in [0, 0.05) is 13.5 Å². The van der Waals surface area contributed by atoms with Crippen molar-refractivity contribution in [2.24, 2.45) is 5.41 Å². The monoisotopic (exact) mass is 314 g/mol. The Morgan fingerprint density at radius 1 is 1.57 bits per heavy atom. The van der Waals surface area contributed by atoms with Crippen LogP contribution in [0.3, 0.4) is 0 Å². The molecule has 0 bridgehead atoms. The van der Waals surface area contributed by atoms with Crippen molar-refractivity contribution >= 4 is 18.0 Å². The highest BCUT2D eigenvalue weighted by atomic mass is 16.2. The van der Waals surface area contributed by atoms with Gasteiger partial charge in [-0.15, -0.1) is 0 Å². The first-order chi connectivity index (χ1) is 11.1. The fourth-order valence-electron chi connectivity index (χ4n) is 2.42. The highest BCUT2D eigenvalue weighted by Crippen LogP contribution is 2.27. The molecule has 1 unspecified atom stereocenters. The van der Waals surface area contributed by atoms with Gasteiger partial charge in [-0.2, -0.15) is 10.4 Å². The molecule has 0 saturated carbocycles. The second kappa shape index (κ2) is 6.87. The lowest BCUT2D eigenvalue weighted by molar-refractivity contribution is -0.127. The summed E-state index contributed by atoms with van der Waals surface area (Å²) in [5.41, 5.74) is 0.911. The third-order valence-corrected chi connectivity index (χ3v) is 3.78. The zero-order valence-corrected chi connectivity index (χ0v) is 13.0. The molecule has 0 saturated heterocycles. The minimum Gasteiger partial charge on any atom is -0.358 e. The summed E-state index contributed by atoms with van der Waals surface area (Å²) in [7, 11) is 1.52. The average Bonchev–Trinajstić information content (AvgIpc) is 2.99. The number of carbonyl (C=O) groups is 2. The van der Waals surface area contributed by atoms with E-state index < -0.39 is 5.41 Å². The van der Waals surface area contributed by atoms with Crippen molar-refractivity contribution in [3.63, 3.8) is 0 Å². The van der Waals surface area contributed by atoms with E-state index in [0.29, 0.717) is 30.7 Å². The fourth-order valence-corrected chi connectivity index (χ4v) is 2.42. The molecular weight excluding hydrogens is 296 g/mol. The van der Waals surface area contributed by atoms with Crippen molar-refractivity contribution < 1.29 is 9.59 Å². The molecule has 2 rings (SSSR count). The maximum Gasteiger partial charge on any atom is 0.240 e. The number of carbonyl (C=O) groups excluding carboxylic acids is 2. The molecule has 2 heterocycles. The number of nitrogens with zero attached hydrogens (tertiary/aromatic N) is 4. The van der Waals surface area contributed by atoms with Gasteiger partial charge in [0.15, 0.2) is 5.65 Å². The summed E-state index contributed by atoms with van der Waals surface area (Å²) >= 11 is 0. The van der Waals surface area contributed by atoms with Crippen molar-refractivity contribution in [1.82, 2.24) is 25.2 Å². The van der Waals surface area contributed by atoms with Crippen LogP contribution in [0, 0.1) is 16.7 Å². The van der Waals surface area contributed by atoms with Crippen LogP contribution in [0.4, 0.5) is 0 Å². The van der Waals surface area contributed by atoms with Gasteiger partial charge in [0.25, 0.3) is 0 Å². The van der Waals surface area contributed by atoms with Gasteiger partial charge in [-0.1, -0.05) is 6.92 Å². The molecule has 2 amide bonds. The lowest BCUT2D eigenvalue weighted by Gasteiger charge is -2.22. The highest BCUT2D eigenvalue weighted by molar-refractivity contribution is 5.85. The summed E-state index contributed by atoms with van der Waals surface area (Å²) in [6.45, 7) is 2.13. The molecular formula is C15H18N6O2. The zero-order valence-electron chi connectivity index (χ0n) is 13.0. The Bertz CT molecular complexity index is 763. The highest BCUT2D eigenvalue weighted by Gasteiger charge is 2.36. The molecule has 23 heavy (non-hydrogen) atoms. The molecule has 0 aliphatic heterocycles. The van der Waals surface area contributed by atoms with Gasteiger partial charge in [-0.3, -0.25) is 9.59 Å². The Hall–Kier alpha value is -2.95. The van der Waals surface area contributed by atoms with E-state index in [1.807, 2.05) is 6.92 Å². The molecule has 2 N–H and O–H groups in total. The number of rotatable bonds is 7. The van der Waals surface area contributed by atoms with Gasteiger partial charge in [0.1, 0.15) is 5.41 Å². The Morgan fingerprint density at radius 3 is 2.96 bits per heavy atom. The van der Waals surface area contributed by atoms with Crippen LogP contribution in [-0.4, -0.2) is 34.0 Å². The van der Waals surface area contributed by atoms with E-state index >= 15 is 0 Å². The number of nitriles is 1. The number of imidazole rings is 1. The molecule has 8 heteroatoms. The summed E-state index contributed by atoms with van der Waals surface area (Å²) in [6, 6.07) is 3.92. The van der Waals surface area contributed by atoms with Crippen LogP contribution >= 0.6 is 0 Å². The summed E-state index contributed by atoms with van der Waals surface area (Å²) < 4.78 is 1.59. The first kappa shape index (κ1) is 16.4. The molecule has 0 spiro atoms. The van der Waals surface area contributed by atoms with Gasteiger partial charge in [-0.05, 0) is 18.1 Å². The Kier molecular flexibility index (Phi) is 4.91. The predicted molar refractivity (Wildman–Crippen MR) is 82.0 cm³/mol. The summed E-state index contributed by atoms with van der Waals surface area (Å²) in [4.78, 5) is 26.8. The second-order valence-electron chi connectivity index (χ2n) is 5.20. The van der Waals surface area contributed by atoms with Crippen molar-refractivity contribution in [3.05, 3.63) is 29.7 Å². The SMILES string of the molecule is CCC(C#N)(Cc1cnn2cc(CNC=O)nc2c1)C(=O)NC. The molecule has 0 fully saturated rings. The van der Waals surface area contributed by atoms with Gasteiger partial charge in [0.05, 0.1) is 30.7 Å². The normalized spacial score (nSPS) is 13.1. The Labute approximate surface area is 133 Å². The predicted octanol–water partition coefficient (Wildman–Crippen LogP) is 0.184. The first-order valence-corrected chi connectivity index (χ1v) is 7.22. The van der Waals surface area contributed by atoms with Gasteiger partial charge in [-0.25, -0.2) is 9.50 Å². The van der Waals surface area contributed by atoms with Crippen molar-refractivity contribution in [2.75, 3.05) is 7.05 Å². The first-order valence-electron chi connectivity index (χ1n) is 7.22. The van der Waals surface area contributed by atoms with Crippen molar-refractivity contribution in [3.8, 4) is 6.07 Å². The van der Waals surface area contributed by atoms with Crippen LogP contribution in [-0.2, 0) is 22.6 Å². The summed E-state index contributed by atoms with van der Waals surface area (Å²) in [5.74, 6) is -0.304. The summed E-state index contributed by atoms with van der Waals surface area (Å²) in [6.07, 6.45) is 4.60. The number of amides is 2. The second-order valence-corrected chi connectivity index (χ2v) is 5.20. The number of hydrogen-bond donors (Lipinski definition) is 2. The molecule has 2 aromatic heterocycles. The average molecular weight is 314 g/mol. The molecule has 0 aliphatic rings. The minimum absolute atomic E-state index is 0.262. The van der Waals surface area contributed by atoms with E-state index in [1.165, 1.54) is 7.05 Å². The third kappa shape index (κ3) is 3.29. The Morgan fingerprint density at radius 2 is 2.35 bits per heavy atom. The summed E-state index contributed by atoms with van der Waals surface area (Å²) in [5, 5.41) is 18.8. The molecule has 0 aromatic carbocycles. The lowest BCUT2D eigenvalue weighted by atomic mass is 9.80. The molecule has 0 aliphatic carbocycles. The Balaban J connectivity index is 2.31. The van der Waals surface area contributed by atoms with Crippen LogP contribution in [0.2, 0.25) is 0 Å².